The van der Waals surface area contributed by atoms with E-state index >= 15 is 0 Å². The van der Waals surface area contributed by atoms with E-state index in [-0.39, 0.29) is 5.91 Å². The predicted octanol–water partition coefficient (Wildman–Crippen LogP) is 4.20. The number of rotatable bonds is 6. The molecule has 144 valence electrons. The van der Waals surface area contributed by atoms with Crippen LogP contribution >= 0.6 is 11.3 Å². The van der Waals surface area contributed by atoms with Gasteiger partial charge in [-0.3, -0.25) is 4.79 Å². The third-order valence-corrected chi connectivity index (χ3v) is 6.99. The Morgan fingerprint density at radius 2 is 2.15 bits per heavy atom. The van der Waals surface area contributed by atoms with Crippen molar-refractivity contribution < 1.29 is 9.53 Å². The quantitative estimate of drug-likeness (QED) is 0.812. The molecule has 1 aromatic heterocycles. The molecule has 0 spiro atoms. The number of benzene rings is 1. The van der Waals surface area contributed by atoms with Gasteiger partial charge in [0, 0.05) is 24.3 Å². The van der Waals surface area contributed by atoms with E-state index in [0.29, 0.717) is 18.9 Å². The van der Waals surface area contributed by atoms with Crippen LogP contribution < -0.4 is 10.1 Å². The van der Waals surface area contributed by atoms with Gasteiger partial charge in [0.25, 0.3) is 0 Å². The number of aryl methyl sites for hydroxylation is 3. The monoisotopic (exact) mass is 384 g/mol. The van der Waals surface area contributed by atoms with Crippen molar-refractivity contribution in [3.63, 3.8) is 0 Å². The normalized spacial score (nSPS) is 18.5. The summed E-state index contributed by atoms with van der Waals surface area (Å²) in [7, 11) is 1.70. The summed E-state index contributed by atoms with van der Waals surface area (Å²) < 4.78 is 5.34. The Morgan fingerprint density at radius 3 is 3.00 bits per heavy atom. The number of ether oxygens (including phenoxy) is 1. The maximum Gasteiger partial charge on any atom is 0.220 e. The minimum Gasteiger partial charge on any atom is -0.497 e. The average Bonchev–Trinajstić information content (AvgIpc) is 3.10. The zero-order chi connectivity index (χ0) is 18.6. The molecule has 1 unspecified atom stereocenters. The van der Waals surface area contributed by atoms with Gasteiger partial charge < -0.3 is 10.1 Å². The molecule has 5 heteroatoms. The molecule has 0 saturated carbocycles. The van der Waals surface area contributed by atoms with Crippen LogP contribution in [-0.4, -0.2) is 24.5 Å². The molecule has 1 amide bonds. The van der Waals surface area contributed by atoms with Crippen molar-refractivity contribution in [2.75, 3.05) is 13.7 Å². The van der Waals surface area contributed by atoms with Crippen LogP contribution in [0.2, 0.25) is 0 Å². The van der Waals surface area contributed by atoms with Gasteiger partial charge in [-0.2, -0.15) is 0 Å². The van der Waals surface area contributed by atoms with Gasteiger partial charge in [-0.05, 0) is 74.1 Å². The Labute approximate surface area is 165 Å². The Kier molecular flexibility index (Phi) is 5.77. The molecular weight excluding hydrogens is 356 g/mol. The maximum absolute atomic E-state index is 12.5. The lowest BCUT2D eigenvalue weighted by Gasteiger charge is -2.25. The molecule has 0 saturated heterocycles. The SMILES string of the molecule is COc1ccc2c(c1)CCCC2CC(=O)NCCc1nc2c(s1)CCCC2. The molecule has 2 aromatic rings. The molecule has 4 nitrogen and oxygen atoms in total. The van der Waals surface area contributed by atoms with Gasteiger partial charge >= 0.3 is 0 Å². The molecule has 1 atom stereocenters. The topological polar surface area (TPSA) is 51.2 Å². The first kappa shape index (κ1) is 18.5. The second-order valence-electron chi connectivity index (χ2n) is 7.64. The van der Waals surface area contributed by atoms with Crippen LogP contribution in [0.4, 0.5) is 0 Å². The fourth-order valence-corrected chi connectivity index (χ4v) is 5.50. The molecule has 27 heavy (non-hydrogen) atoms. The highest BCUT2D eigenvalue weighted by Crippen LogP contribution is 2.35. The number of hydrogen-bond donors (Lipinski definition) is 1. The van der Waals surface area contributed by atoms with E-state index in [0.717, 1.165) is 37.9 Å². The van der Waals surface area contributed by atoms with Crippen molar-refractivity contribution in [3.8, 4) is 5.75 Å². The van der Waals surface area contributed by atoms with Gasteiger partial charge in [0.15, 0.2) is 0 Å². The molecular formula is C22H28N2O2S. The number of carbonyl (C=O) groups is 1. The third-order valence-electron chi connectivity index (χ3n) is 5.77. The van der Waals surface area contributed by atoms with Crippen LogP contribution in [0, 0.1) is 0 Å². The second-order valence-corrected chi connectivity index (χ2v) is 8.81. The summed E-state index contributed by atoms with van der Waals surface area (Å²) in [5.74, 6) is 1.39. The Balaban J connectivity index is 1.29. The van der Waals surface area contributed by atoms with Crippen LogP contribution in [-0.2, 0) is 30.5 Å². The lowest BCUT2D eigenvalue weighted by atomic mass is 9.81. The lowest BCUT2D eigenvalue weighted by molar-refractivity contribution is -0.121. The van der Waals surface area contributed by atoms with Gasteiger partial charge in [-0.25, -0.2) is 4.98 Å². The van der Waals surface area contributed by atoms with E-state index in [2.05, 4.69) is 17.4 Å². The van der Waals surface area contributed by atoms with Crippen LogP contribution in [0.15, 0.2) is 18.2 Å². The number of aromatic nitrogens is 1. The summed E-state index contributed by atoms with van der Waals surface area (Å²) in [6.45, 7) is 0.688. The van der Waals surface area contributed by atoms with Gasteiger partial charge in [0.1, 0.15) is 5.75 Å². The molecule has 1 N–H and O–H groups in total. The standard InChI is InChI=1S/C22H28N2O2S/c1-26-17-9-10-18-15(13-17)5-4-6-16(18)14-21(25)23-12-11-22-24-19-7-2-3-8-20(19)27-22/h9-10,13,16H,2-8,11-12,14H2,1H3,(H,23,25). The number of nitrogens with zero attached hydrogens (tertiary/aromatic N) is 1. The first-order valence-electron chi connectivity index (χ1n) is 10.1. The number of hydrogen-bond acceptors (Lipinski definition) is 4. The average molecular weight is 385 g/mol. The zero-order valence-corrected chi connectivity index (χ0v) is 16.9. The smallest absolute Gasteiger partial charge is 0.220 e. The first-order chi connectivity index (χ1) is 13.2. The molecule has 0 fully saturated rings. The number of thiazole rings is 1. The summed E-state index contributed by atoms with van der Waals surface area (Å²) in [5.41, 5.74) is 3.97. The number of amides is 1. The highest BCUT2D eigenvalue weighted by atomic mass is 32.1. The molecule has 1 heterocycles. The summed E-state index contributed by atoms with van der Waals surface area (Å²) >= 11 is 1.84. The van der Waals surface area contributed by atoms with E-state index in [4.69, 9.17) is 9.72 Å². The van der Waals surface area contributed by atoms with Gasteiger partial charge in [-0.15, -0.1) is 11.3 Å². The van der Waals surface area contributed by atoms with E-state index in [9.17, 15) is 4.79 Å². The zero-order valence-electron chi connectivity index (χ0n) is 16.1. The Bertz CT molecular complexity index is 791. The first-order valence-corrected chi connectivity index (χ1v) is 11.0. The summed E-state index contributed by atoms with van der Waals surface area (Å²) in [6, 6.07) is 6.29. The number of carbonyl (C=O) groups excluding carboxylic acids is 1. The minimum atomic E-state index is 0.157. The third kappa shape index (κ3) is 4.34. The number of fused-ring (bicyclic) bond motifs is 2. The van der Waals surface area contributed by atoms with Crippen molar-refractivity contribution in [1.29, 1.82) is 0 Å². The summed E-state index contributed by atoms with van der Waals surface area (Å²) in [4.78, 5) is 18.7. The molecule has 0 radical (unpaired) electrons. The van der Waals surface area contributed by atoms with E-state index in [1.54, 1.807) is 7.11 Å². The number of methoxy groups -OCH3 is 1. The predicted molar refractivity (Wildman–Crippen MR) is 109 cm³/mol. The maximum atomic E-state index is 12.5. The fourth-order valence-electron chi connectivity index (χ4n) is 4.35. The minimum absolute atomic E-state index is 0.157. The second kappa shape index (κ2) is 8.42. The van der Waals surface area contributed by atoms with E-state index in [1.807, 2.05) is 17.4 Å². The fraction of sp³-hybridized carbons (Fsp3) is 0.545. The molecule has 0 aliphatic heterocycles. The molecule has 0 bridgehead atoms. The summed E-state index contributed by atoms with van der Waals surface area (Å²) in [5, 5.41) is 4.29. The largest absolute Gasteiger partial charge is 0.497 e. The summed E-state index contributed by atoms with van der Waals surface area (Å²) in [6.07, 6.45) is 9.61. The van der Waals surface area contributed by atoms with E-state index < -0.39 is 0 Å². The Hall–Kier alpha value is -1.88. The highest BCUT2D eigenvalue weighted by molar-refractivity contribution is 7.11. The Morgan fingerprint density at radius 1 is 1.26 bits per heavy atom. The van der Waals surface area contributed by atoms with Crippen molar-refractivity contribution >= 4 is 17.2 Å². The highest BCUT2D eigenvalue weighted by Gasteiger charge is 2.23. The van der Waals surface area contributed by atoms with Crippen molar-refractivity contribution in [2.24, 2.45) is 0 Å². The van der Waals surface area contributed by atoms with Crippen LogP contribution in [0.25, 0.3) is 0 Å². The van der Waals surface area contributed by atoms with Crippen LogP contribution in [0.1, 0.15) is 64.7 Å². The molecule has 4 rings (SSSR count). The van der Waals surface area contributed by atoms with Crippen molar-refractivity contribution in [1.82, 2.24) is 10.3 Å². The van der Waals surface area contributed by atoms with Crippen molar-refractivity contribution in [3.05, 3.63) is 44.9 Å². The molecule has 2 aliphatic rings. The van der Waals surface area contributed by atoms with Crippen LogP contribution in [0.5, 0.6) is 5.75 Å². The van der Waals surface area contributed by atoms with Gasteiger partial charge in [0.2, 0.25) is 5.91 Å². The van der Waals surface area contributed by atoms with Gasteiger partial charge in [0.05, 0.1) is 17.8 Å². The van der Waals surface area contributed by atoms with Crippen molar-refractivity contribution in [2.45, 2.75) is 63.7 Å². The van der Waals surface area contributed by atoms with Gasteiger partial charge in [-0.1, -0.05) is 6.07 Å². The van der Waals surface area contributed by atoms with E-state index in [1.165, 1.54) is 46.0 Å². The molecule has 1 aromatic carbocycles. The lowest BCUT2D eigenvalue weighted by Crippen LogP contribution is -2.28. The number of nitrogens with one attached hydrogen (secondary N) is 1. The molecule has 2 aliphatic carbocycles. The van der Waals surface area contributed by atoms with Crippen LogP contribution in [0.3, 0.4) is 0 Å².